The minimum Gasteiger partial charge on any atom is -0.392 e. The van der Waals surface area contributed by atoms with Gasteiger partial charge in [0.05, 0.1) is 82.0 Å². The van der Waals surface area contributed by atoms with Gasteiger partial charge in [-0.05, 0) is 82.1 Å². The van der Waals surface area contributed by atoms with Crippen LogP contribution in [0.3, 0.4) is 0 Å². The monoisotopic (exact) mass is 626 g/mol. The lowest BCUT2D eigenvalue weighted by atomic mass is 9.72. The maximum Gasteiger partial charge on any atom is 0.337 e. The Bertz CT molecular complexity index is 984. The van der Waals surface area contributed by atoms with Crippen molar-refractivity contribution in [1.29, 1.82) is 0 Å². The Morgan fingerprint density at radius 1 is 0.773 bits per heavy atom. The van der Waals surface area contributed by atoms with Crippen molar-refractivity contribution in [3.05, 3.63) is 5.82 Å². The molecule has 1 fully saturated rings. The topological polar surface area (TPSA) is 95.8 Å². The van der Waals surface area contributed by atoms with Crippen molar-refractivity contribution in [2.24, 2.45) is 11.8 Å². The first-order valence-corrected chi connectivity index (χ1v) is 17.2. The highest BCUT2D eigenvalue weighted by Crippen LogP contribution is 2.41. The molecule has 1 N–H and O–H groups in total. The SMILES string of the molecule is CCC[N+](CC)(CC)c1nc(CCC2C(COC(C)(C)C)OC(COC)C(C(C)(C)OC)C2O)nc([N+](CC)(CC)CC)n1. The van der Waals surface area contributed by atoms with Gasteiger partial charge in [-0.25, -0.2) is 0 Å². The minimum atomic E-state index is -0.689. The van der Waals surface area contributed by atoms with E-state index in [0.29, 0.717) is 30.5 Å². The number of nitrogens with zero attached hydrogens (tertiary/aromatic N) is 5. The fourth-order valence-corrected chi connectivity index (χ4v) is 6.94. The molecule has 0 amide bonds. The first-order chi connectivity index (χ1) is 20.7. The van der Waals surface area contributed by atoms with Crippen molar-refractivity contribution >= 4 is 11.9 Å². The summed E-state index contributed by atoms with van der Waals surface area (Å²) in [5.41, 5.74) is -0.955. The molecule has 1 aliphatic rings. The third kappa shape index (κ3) is 8.96. The maximum absolute atomic E-state index is 12.1. The molecular weight excluding hydrogens is 558 g/mol. The summed E-state index contributed by atoms with van der Waals surface area (Å²) in [6.45, 7) is 29.8. The van der Waals surface area contributed by atoms with E-state index in [-0.39, 0.29) is 29.6 Å². The van der Waals surface area contributed by atoms with E-state index in [9.17, 15) is 5.11 Å². The number of aliphatic hydroxyl groups is 1. The van der Waals surface area contributed by atoms with Gasteiger partial charge >= 0.3 is 11.9 Å². The van der Waals surface area contributed by atoms with Crippen LogP contribution in [-0.4, -0.2) is 116 Å². The smallest absolute Gasteiger partial charge is 0.337 e. The van der Waals surface area contributed by atoms with Crippen molar-refractivity contribution in [3.8, 4) is 0 Å². The number of aliphatic hydroxyl groups excluding tert-OH is 1. The van der Waals surface area contributed by atoms with Gasteiger partial charge in [-0.15, -0.1) is 4.98 Å². The van der Waals surface area contributed by atoms with Crippen LogP contribution in [0.2, 0.25) is 0 Å². The van der Waals surface area contributed by atoms with Gasteiger partial charge in [0.2, 0.25) is 0 Å². The summed E-state index contributed by atoms with van der Waals surface area (Å²) in [6, 6.07) is 0. The number of methoxy groups -OCH3 is 2. The second kappa shape index (κ2) is 16.5. The fourth-order valence-electron chi connectivity index (χ4n) is 6.94. The van der Waals surface area contributed by atoms with Crippen molar-refractivity contribution in [2.45, 2.75) is 125 Å². The Morgan fingerprint density at radius 3 is 1.77 bits per heavy atom. The van der Waals surface area contributed by atoms with E-state index in [1.807, 2.05) is 34.6 Å². The van der Waals surface area contributed by atoms with Crippen LogP contribution in [0.4, 0.5) is 11.9 Å². The Balaban J connectivity index is 2.61. The van der Waals surface area contributed by atoms with Crippen molar-refractivity contribution in [2.75, 3.05) is 66.7 Å². The summed E-state index contributed by atoms with van der Waals surface area (Å²) in [4.78, 5) is 15.5. The highest BCUT2D eigenvalue weighted by molar-refractivity contribution is 5.35. The van der Waals surface area contributed by atoms with Gasteiger partial charge in [-0.2, -0.15) is 9.97 Å². The van der Waals surface area contributed by atoms with E-state index < -0.39 is 11.7 Å². The van der Waals surface area contributed by atoms with E-state index in [2.05, 4.69) is 41.5 Å². The highest BCUT2D eigenvalue weighted by atomic mass is 16.6. The lowest BCUT2D eigenvalue weighted by Gasteiger charge is -2.50. The van der Waals surface area contributed by atoms with Crippen LogP contribution in [-0.2, 0) is 25.4 Å². The molecule has 5 atom stereocenters. The number of aromatic nitrogens is 3. The number of hydrogen-bond acceptors (Lipinski definition) is 8. The molecule has 0 saturated carbocycles. The second-order valence-corrected chi connectivity index (χ2v) is 14.1. The van der Waals surface area contributed by atoms with E-state index in [1.165, 1.54) is 0 Å². The lowest BCUT2D eigenvalue weighted by Crippen LogP contribution is -2.60. The second-order valence-electron chi connectivity index (χ2n) is 14.1. The maximum atomic E-state index is 12.1. The van der Waals surface area contributed by atoms with Crippen molar-refractivity contribution < 1.29 is 24.1 Å². The summed E-state index contributed by atoms with van der Waals surface area (Å²) in [7, 11) is 3.36. The summed E-state index contributed by atoms with van der Waals surface area (Å²) >= 11 is 0. The van der Waals surface area contributed by atoms with E-state index in [4.69, 9.17) is 33.9 Å². The number of ether oxygens (including phenoxy) is 4. The molecule has 2 heterocycles. The molecule has 0 aromatic carbocycles. The zero-order valence-corrected chi connectivity index (χ0v) is 30.5. The first kappa shape index (κ1) is 38.9. The van der Waals surface area contributed by atoms with Gasteiger partial charge in [0.15, 0.2) is 0 Å². The predicted molar refractivity (Wildman–Crippen MR) is 180 cm³/mol. The van der Waals surface area contributed by atoms with Crippen LogP contribution in [0.25, 0.3) is 0 Å². The molecule has 1 aromatic rings. The highest BCUT2D eigenvalue weighted by Gasteiger charge is 2.51. The molecular formula is C34H67N5O5+2. The molecule has 1 saturated heterocycles. The van der Waals surface area contributed by atoms with Gasteiger partial charge in [-0.3, -0.25) is 8.97 Å². The van der Waals surface area contributed by atoms with Gasteiger partial charge in [-0.1, -0.05) is 6.92 Å². The predicted octanol–water partition coefficient (Wildman–Crippen LogP) is 5.18. The zero-order valence-electron chi connectivity index (χ0n) is 30.5. The molecule has 1 aliphatic heterocycles. The third-order valence-corrected chi connectivity index (χ3v) is 10.3. The van der Waals surface area contributed by atoms with E-state index in [1.54, 1.807) is 14.2 Å². The first-order valence-electron chi connectivity index (χ1n) is 17.2. The van der Waals surface area contributed by atoms with Crippen molar-refractivity contribution in [1.82, 2.24) is 23.9 Å². The van der Waals surface area contributed by atoms with Crippen LogP contribution in [0.1, 0.15) is 94.8 Å². The Labute approximate surface area is 269 Å². The number of rotatable bonds is 18. The molecule has 2 rings (SSSR count). The molecule has 0 spiro atoms. The van der Waals surface area contributed by atoms with Crippen LogP contribution < -0.4 is 8.97 Å². The zero-order chi connectivity index (χ0) is 33.3. The van der Waals surface area contributed by atoms with Gasteiger partial charge in [0.25, 0.3) is 0 Å². The Hall–Kier alpha value is -1.27. The lowest BCUT2D eigenvalue weighted by molar-refractivity contribution is -0.245. The third-order valence-electron chi connectivity index (χ3n) is 10.3. The molecule has 0 bridgehead atoms. The average Bonchev–Trinajstić information content (AvgIpc) is 2.99. The molecule has 1 aromatic heterocycles. The number of aryl methyl sites for hydroxylation is 1. The normalized spacial score (nSPS) is 23.7. The Morgan fingerprint density at radius 2 is 1.32 bits per heavy atom. The number of quaternary nitrogens is 2. The van der Waals surface area contributed by atoms with E-state index in [0.717, 1.165) is 67.9 Å². The minimum absolute atomic E-state index is 0.205. The molecule has 10 nitrogen and oxygen atoms in total. The molecule has 44 heavy (non-hydrogen) atoms. The number of hydrogen-bond donors (Lipinski definition) is 1. The fraction of sp³-hybridized carbons (Fsp3) is 0.912. The van der Waals surface area contributed by atoms with Gasteiger partial charge in [0, 0.05) is 32.5 Å². The van der Waals surface area contributed by atoms with Crippen LogP contribution in [0.15, 0.2) is 0 Å². The largest absolute Gasteiger partial charge is 0.392 e. The summed E-state index contributed by atoms with van der Waals surface area (Å²) in [6.07, 6.45) is 0.967. The summed E-state index contributed by atoms with van der Waals surface area (Å²) in [5.74, 6) is 2.01. The van der Waals surface area contributed by atoms with Crippen LogP contribution >= 0.6 is 0 Å². The quantitative estimate of drug-likeness (QED) is 0.223. The molecule has 0 aliphatic carbocycles. The van der Waals surface area contributed by atoms with Crippen LogP contribution in [0.5, 0.6) is 0 Å². The summed E-state index contributed by atoms with van der Waals surface area (Å²) < 4.78 is 25.9. The Kier molecular flexibility index (Phi) is 14.6. The van der Waals surface area contributed by atoms with E-state index >= 15 is 0 Å². The van der Waals surface area contributed by atoms with Gasteiger partial charge < -0.3 is 24.1 Å². The molecule has 5 unspecified atom stereocenters. The summed E-state index contributed by atoms with van der Waals surface area (Å²) in [5, 5.41) is 12.1. The van der Waals surface area contributed by atoms with Crippen molar-refractivity contribution in [3.63, 3.8) is 0 Å². The standard InChI is InChI=1S/C34H67N5O5/c1-14-22-39(18-5,19-6)32-36-28(35-31(37-32)38(15-2,16-3)17-4)21-20-25-26(24-43-33(7,8)9)44-27(23-41-12)29(30(25)40)34(10,11)42-13/h25-27,29-30,40H,14-24H2,1-13H3/q+2. The van der Waals surface area contributed by atoms with Crippen LogP contribution in [0, 0.1) is 11.8 Å². The molecule has 256 valence electrons. The molecule has 10 heteroatoms. The average molecular weight is 626 g/mol. The van der Waals surface area contributed by atoms with Gasteiger partial charge in [0.1, 0.15) is 5.82 Å². The molecule has 0 radical (unpaired) electrons.